The number of anilines is 2. The van der Waals surface area contributed by atoms with Gasteiger partial charge in [0, 0.05) is 62.4 Å². The van der Waals surface area contributed by atoms with Gasteiger partial charge in [-0.3, -0.25) is 14.8 Å². The van der Waals surface area contributed by atoms with Crippen molar-refractivity contribution in [2.24, 2.45) is 5.41 Å². The van der Waals surface area contributed by atoms with E-state index in [0.717, 1.165) is 31.9 Å². The Bertz CT molecular complexity index is 1350. The molecule has 0 saturated carbocycles. The van der Waals surface area contributed by atoms with Crippen LogP contribution in [0.1, 0.15) is 16.1 Å². The number of benzene rings is 1. The van der Waals surface area contributed by atoms with Crippen LogP contribution in [0.2, 0.25) is 0 Å². The summed E-state index contributed by atoms with van der Waals surface area (Å²) < 4.78 is 15.9. The summed E-state index contributed by atoms with van der Waals surface area (Å²) in [5, 5.41) is 6.12. The molecule has 1 aromatic carbocycles. The number of nitrogens with one attached hydrogen (secondary N) is 2. The van der Waals surface area contributed by atoms with E-state index in [0.29, 0.717) is 33.4 Å². The van der Waals surface area contributed by atoms with Crippen molar-refractivity contribution in [3.8, 4) is 0 Å². The number of nitrogens with zero attached hydrogens (tertiary/aromatic N) is 5. The maximum Gasteiger partial charge on any atom is 0.257 e. The SMILES string of the molecule is Cc1cn2cc(NC(=O)c3ccc(N4CC5(CNC5)C4)c4nccnc34)cc(F)c2n1. The molecule has 2 saturated heterocycles. The maximum absolute atomic E-state index is 14.4. The molecule has 1 spiro atoms. The van der Waals surface area contributed by atoms with Crippen LogP contribution in [-0.4, -0.2) is 51.4 Å². The fraction of sp³-hybridized carbons (Fsp3) is 0.273. The first-order chi connectivity index (χ1) is 15.0. The number of carbonyl (C=O) groups is 1. The van der Waals surface area contributed by atoms with Crippen molar-refractivity contribution in [2.75, 3.05) is 36.4 Å². The molecule has 2 N–H and O–H groups in total. The van der Waals surface area contributed by atoms with E-state index in [9.17, 15) is 9.18 Å². The van der Waals surface area contributed by atoms with Crippen LogP contribution in [-0.2, 0) is 0 Å². The summed E-state index contributed by atoms with van der Waals surface area (Å²) in [6.07, 6.45) is 6.57. The molecule has 0 bridgehead atoms. The average molecular weight is 417 g/mol. The lowest BCUT2D eigenvalue weighted by Crippen LogP contribution is -2.71. The number of aryl methyl sites for hydroxylation is 1. The van der Waals surface area contributed by atoms with Gasteiger partial charge >= 0.3 is 0 Å². The number of fused-ring (bicyclic) bond motifs is 2. The highest BCUT2D eigenvalue weighted by molar-refractivity contribution is 6.13. The van der Waals surface area contributed by atoms with Gasteiger partial charge in [0.15, 0.2) is 11.5 Å². The van der Waals surface area contributed by atoms with Gasteiger partial charge in [0.1, 0.15) is 11.0 Å². The smallest absolute Gasteiger partial charge is 0.257 e. The second kappa shape index (κ2) is 6.45. The Labute approximate surface area is 177 Å². The van der Waals surface area contributed by atoms with E-state index in [4.69, 9.17) is 0 Å². The lowest BCUT2D eigenvalue weighted by Gasteiger charge is -2.57. The first-order valence-corrected chi connectivity index (χ1v) is 10.2. The average Bonchev–Trinajstić information content (AvgIpc) is 3.06. The number of rotatable bonds is 3. The lowest BCUT2D eigenvalue weighted by molar-refractivity contribution is 0.102. The highest BCUT2D eigenvalue weighted by atomic mass is 19.1. The van der Waals surface area contributed by atoms with E-state index in [2.05, 4.69) is 30.5 Å². The second-order valence-electron chi connectivity index (χ2n) is 8.49. The number of pyridine rings is 1. The Hall–Kier alpha value is -3.59. The van der Waals surface area contributed by atoms with E-state index >= 15 is 0 Å². The van der Waals surface area contributed by atoms with Crippen molar-refractivity contribution < 1.29 is 9.18 Å². The van der Waals surface area contributed by atoms with Crippen molar-refractivity contribution in [1.82, 2.24) is 24.7 Å². The number of amides is 1. The Balaban J connectivity index is 1.33. The fourth-order valence-electron chi connectivity index (χ4n) is 4.56. The molecule has 156 valence electrons. The first-order valence-electron chi connectivity index (χ1n) is 10.2. The van der Waals surface area contributed by atoms with Crippen LogP contribution in [0.25, 0.3) is 16.7 Å². The van der Waals surface area contributed by atoms with E-state index < -0.39 is 5.82 Å². The molecule has 0 radical (unpaired) electrons. The summed E-state index contributed by atoms with van der Waals surface area (Å²) in [6.45, 7) is 5.83. The third-order valence-corrected chi connectivity index (χ3v) is 6.13. The zero-order valence-corrected chi connectivity index (χ0v) is 16.9. The Morgan fingerprint density at radius 3 is 2.68 bits per heavy atom. The molecule has 5 heterocycles. The number of imidazole rings is 1. The largest absolute Gasteiger partial charge is 0.368 e. The second-order valence-corrected chi connectivity index (χ2v) is 8.49. The molecule has 2 fully saturated rings. The molecule has 31 heavy (non-hydrogen) atoms. The first kappa shape index (κ1) is 18.2. The number of halogens is 1. The summed E-state index contributed by atoms with van der Waals surface area (Å²) in [4.78, 5) is 28.4. The molecule has 0 aliphatic carbocycles. The van der Waals surface area contributed by atoms with Crippen LogP contribution < -0.4 is 15.5 Å². The highest BCUT2D eigenvalue weighted by Gasteiger charge is 2.48. The van der Waals surface area contributed by atoms with Crippen molar-refractivity contribution in [1.29, 1.82) is 0 Å². The van der Waals surface area contributed by atoms with Crippen molar-refractivity contribution in [3.63, 3.8) is 0 Å². The van der Waals surface area contributed by atoms with Crippen LogP contribution in [0.5, 0.6) is 0 Å². The molecular formula is C22H20FN7O. The van der Waals surface area contributed by atoms with Crippen LogP contribution in [0.4, 0.5) is 15.8 Å². The van der Waals surface area contributed by atoms with Crippen molar-refractivity contribution >= 4 is 34.0 Å². The Morgan fingerprint density at radius 1 is 1.16 bits per heavy atom. The monoisotopic (exact) mass is 417 g/mol. The minimum Gasteiger partial charge on any atom is -0.368 e. The third kappa shape index (κ3) is 2.84. The highest BCUT2D eigenvalue weighted by Crippen LogP contribution is 2.39. The van der Waals surface area contributed by atoms with Gasteiger partial charge in [-0.2, -0.15) is 0 Å². The Morgan fingerprint density at radius 2 is 1.94 bits per heavy atom. The standard InChI is InChI=1S/C22H20FN7O/c1-13-7-29-8-14(6-16(23)20(29)27-13)28-21(31)15-2-3-17(19-18(15)25-4-5-26-19)30-11-22(12-30)9-24-10-22/h2-8,24H,9-12H2,1H3,(H,28,31). The molecule has 9 heteroatoms. The van der Waals surface area contributed by atoms with Crippen LogP contribution in [0, 0.1) is 18.2 Å². The summed E-state index contributed by atoms with van der Waals surface area (Å²) >= 11 is 0. The molecule has 8 nitrogen and oxygen atoms in total. The van der Waals surface area contributed by atoms with Crippen molar-refractivity contribution in [3.05, 3.63) is 60.1 Å². The third-order valence-electron chi connectivity index (χ3n) is 6.13. The predicted molar refractivity (Wildman–Crippen MR) is 115 cm³/mol. The van der Waals surface area contributed by atoms with Gasteiger partial charge in [0.2, 0.25) is 0 Å². The van der Waals surface area contributed by atoms with Gasteiger partial charge in [0.05, 0.1) is 22.6 Å². The van der Waals surface area contributed by atoms with E-state index in [-0.39, 0.29) is 11.6 Å². The van der Waals surface area contributed by atoms with E-state index in [1.807, 2.05) is 6.07 Å². The molecule has 0 atom stereocenters. The quantitative estimate of drug-likeness (QED) is 0.532. The molecule has 1 amide bonds. The molecule has 3 aromatic heterocycles. The van der Waals surface area contributed by atoms with Gasteiger partial charge in [-0.25, -0.2) is 9.37 Å². The topological polar surface area (TPSA) is 87.5 Å². The van der Waals surface area contributed by atoms with E-state index in [1.54, 1.807) is 42.2 Å². The van der Waals surface area contributed by atoms with Crippen LogP contribution >= 0.6 is 0 Å². The minimum absolute atomic E-state index is 0.227. The number of carbonyl (C=O) groups excluding carboxylic acids is 1. The van der Waals surface area contributed by atoms with Gasteiger partial charge in [-0.05, 0) is 19.1 Å². The molecule has 2 aliphatic rings. The fourth-order valence-corrected chi connectivity index (χ4v) is 4.56. The number of hydrogen-bond donors (Lipinski definition) is 2. The number of hydrogen-bond acceptors (Lipinski definition) is 6. The zero-order valence-electron chi connectivity index (χ0n) is 16.9. The number of aromatic nitrogens is 4. The van der Waals surface area contributed by atoms with Gasteiger partial charge < -0.3 is 19.9 Å². The Kier molecular flexibility index (Phi) is 3.79. The van der Waals surface area contributed by atoms with Gasteiger partial charge in [-0.15, -0.1) is 0 Å². The van der Waals surface area contributed by atoms with Crippen LogP contribution in [0.3, 0.4) is 0 Å². The van der Waals surface area contributed by atoms with Crippen molar-refractivity contribution in [2.45, 2.75) is 6.92 Å². The van der Waals surface area contributed by atoms with Gasteiger partial charge in [0.25, 0.3) is 5.91 Å². The molecule has 6 rings (SSSR count). The lowest BCUT2D eigenvalue weighted by atomic mass is 9.74. The molecule has 2 aliphatic heterocycles. The summed E-state index contributed by atoms with van der Waals surface area (Å²) in [7, 11) is 0. The zero-order chi connectivity index (χ0) is 21.2. The molecule has 4 aromatic rings. The summed E-state index contributed by atoms with van der Waals surface area (Å²) in [5.41, 5.74) is 4.26. The van der Waals surface area contributed by atoms with E-state index in [1.165, 1.54) is 6.07 Å². The molecular weight excluding hydrogens is 397 g/mol. The van der Waals surface area contributed by atoms with Crippen LogP contribution in [0.15, 0.2) is 43.0 Å². The predicted octanol–water partition coefficient (Wildman–Crippen LogP) is 2.39. The normalized spacial score (nSPS) is 17.0. The minimum atomic E-state index is -0.497. The van der Waals surface area contributed by atoms with Gasteiger partial charge in [-0.1, -0.05) is 0 Å². The summed E-state index contributed by atoms with van der Waals surface area (Å²) in [6, 6.07) is 4.96. The summed E-state index contributed by atoms with van der Waals surface area (Å²) in [5.74, 6) is -0.862. The maximum atomic E-state index is 14.4. The molecule has 0 unspecified atom stereocenters.